The molecule has 1 aliphatic carbocycles. The molecule has 0 amide bonds. The Morgan fingerprint density at radius 1 is 1.25 bits per heavy atom. The molecule has 1 aromatic heterocycles. The second kappa shape index (κ2) is 16.4. The first-order chi connectivity index (χ1) is 19.3. The minimum absolute atomic E-state index is 0.0617. The number of aromatic amines is 1. The monoisotopic (exact) mass is 574 g/mol. The molecule has 1 aromatic carbocycles. The molecule has 3 atom stereocenters. The minimum atomic E-state index is -0.374. The molecule has 8 nitrogen and oxygen atoms in total. The summed E-state index contributed by atoms with van der Waals surface area (Å²) in [5.74, 6) is -1.02. The molecule has 2 aromatic rings. The lowest BCUT2D eigenvalue weighted by Gasteiger charge is -2.26. The topological polar surface area (TPSA) is 97.4 Å². The second-order valence-corrected chi connectivity index (χ2v) is 10.8. The van der Waals surface area contributed by atoms with Gasteiger partial charge in [0.25, 0.3) is 0 Å². The van der Waals surface area contributed by atoms with Gasteiger partial charge in [0, 0.05) is 37.6 Å². The molecule has 1 N–H and O–H groups in total. The zero-order chi connectivity index (χ0) is 28.9. The van der Waals surface area contributed by atoms with Gasteiger partial charge in [-0.15, -0.1) is 0 Å². The van der Waals surface area contributed by atoms with Gasteiger partial charge in [0.2, 0.25) is 0 Å². The number of Topliss-reactive ketones (excluding diaryl/α,β-unsaturated/α-hetero) is 1. The van der Waals surface area contributed by atoms with Crippen LogP contribution in [0.1, 0.15) is 66.6 Å². The molecule has 218 valence electrons. The highest BCUT2D eigenvalue weighted by Crippen LogP contribution is 2.36. The van der Waals surface area contributed by atoms with Gasteiger partial charge in [-0.25, -0.2) is 4.39 Å². The molecule has 10 heteroatoms. The van der Waals surface area contributed by atoms with Crippen LogP contribution in [0.5, 0.6) is 0 Å². The summed E-state index contributed by atoms with van der Waals surface area (Å²) in [5.41, 5.74) is 2.30. The molecular weight excluding hydrogens is 535 g/mol. The summed E-state index contributed by atoms with van der Waals surface area (Å²) in [6, 6.07) is 7.95. The molecule has 1 heterocycles. The van der Waals surface area contributed by atoms with E-state index in [2.05, 4.69) is 20.3 Å². The number of nitrogens with one attached hydrogen (secondary N) is 1. The third kappa shape index (κ3) is 9.94. The summed E-state index contributed by atoms with van der Waals surface area (Å²) in [6.07, 6.45) is 8.02. The predicted molar refractivity (Wildman–Crippen MR) is 153 cm³/mol. The van der Waals surface area contributed by atoms with Crippen molar-refractivity contribution in [1.82, 2.24) is 20.3 Å². The average Bonchev–Trinajstić information content (AvgIpc) is 3.49. The normalized spacial score (nSPS) is 16.8. The molecule has 0 spiro atoms. The van der Waals surface area contributed by atoms with Crippen LogP contribution >= 0.6 is 11.6 Å². The van der Waals surface area contributed by atoms with Crippen LogP contribution in [0.25, 0.3) is 0 Å². The quantitative estimate of drug-likeness (QED) is 0.193. The van der Waals surface area contributed by atoms with Crippen LogP contribution in [-0.2, 0) is 20.7 Å². The van der Waals surface area contributed by atoms with Crippen molar-refractivity contribution in [1.29, 1.82) is 0 Å². The van der Waals surface area contributed by atoms with Crippen molar-refractivity contribution >= 4 is 23.4 Å². The van der Waals surface area contributed by atoms with Gasteiger partial charge < -0.3 is 14.4 Å². The highest BCUT2D eigenvalue weighted by Gasteiger charge is 2.27. The maximum atomic E-state index is 14.5. The van der Waals surface area contributed by atoms with Crippen LogP contribution in [0, 0.1) is 11.8 Å². The van der Waals surface area contributed by atoms with Crippen LogP contribution in [0.4, 0.5) is 4.39 Å². The van der Waals surface area contributed by atoms with Gasteiger partial charge in [0.1, 0.15) is 11.5 Å². The van der Waals surface area contributed by atoms with Gasteiger partial charge in [-0.1, -0.05) is 35.9 Å². The smallest absolute Gasteiger partial charge is 0.310 e. The van der Waals surface area contributed by atoms with E-state index in [0.717, 1.165) is 24.0 Å². The molecule has 0 aliphatic heterocycles. The van der Waals surface area contributed by atoms with E-state index in [1.165, 1.54) is 12.3 Å². The first-order valence-electron chi connectivity index (χ1n) is 13.8. The maximum absolute atomic E-state index is 14.5. The number of allylic oxidation sites excluding steroid dienone is 4. The van der Waals surface area contributed by atoms with E-state index in [1.54, 1.807) is 13.2 Å². The van der Waals surface area contributed by atoms with E-state index in [4.69, 9.17) is 21.1 Å². The molecule has 1 unspecified atom stereocenters. The largest absolute Gasteiger partial charge is 0.466 e. The van der Waals surface area contributed by atoms with Gasteiger partial charge in [-0.3, -0.25) is 9.59 Å². The number of nitrogens with zero attached hydrogens (tertiary/aromatic N) is 3. The van der Waals surface area contributed by atoms with Crippen LogP contribution in [0.3, 0.4) is 0 Å². The number of carbonyl (C=O) groups is 2. The Morgan fingerprint density at radius 3 is 2.70 bits per heavy atom. The van der Waals surface area contributed by atoms with E-state index in [9.17, 15) is 14.0 Å². The number of H-pyrrole nitrogens is 1. The Hall–Kier alpha value is -2.88. The molecule has 0 saturated heterocycles. The number of esters is 1. The van der Waals surface area contributed by atoms with Gasteiger partial charge in [0.05, 0.1) is 25.3 Å². The predicted octanol–water partition coefficient (Wildman–Crippen LogP) is 5.63. The van der Waals surface area contributed by atoms with Crippen LogP contribution in [0.2, 0.25) is 0 Å². The number of hydrogen-bond acceptors (Lipinski definition) is 7. The number of halogens is 2. The third-order valence-corrected chi connectivity index (χ3v) is 7.51. The van der Waals surface area contributed by atoms with Gasteiger partial charge in [-0.05, 0) is 75.3 Å². The third-order valence-electron chi connectivity index (χ3n) is 7.23. The summed E-state index contributed by atoms with van der Waals surface area (Å²) in [5, 5.41) is 10.7. The standard InChI is InChI=1S/C30H40ClFN4O4/c1-4-40-30(38)24(20-36(2)14-15-39-3)17-22(6-5-7-29(37)28-19-33-35-34-28)16-21-8-10-23(11-9-21)26-18-25(31)12-13-27(26)32/h8-13,19,22,24,26H,4-7,14-18,20H2,1-3H3,(H,33,34,35)/t22-,24+,26?/m1/s1. The molecule has 3 rings (SSSR count). The lowest BCUT2D eigenvalue weighted by atomic mass is 9.84. The fourth-order valence-electron chi connectivity index (χ4n) is 5.08. The first-order valence-corrected chi connectivity index (χ1v) is 14.2. The number of aromatic nitrogens is 3. The van der Waals surface area contributed by atoms with Gasteiger partial charge >= 0.3 is 5.97 Å². The van der Waals surface area contributed by atoms with Crippen molar-refractivity contribution in [3.63, 3.8) is 0 Å². The van der Waals surface area contributed by atoms with E-state index in [1.807, 2.05) is 38.2 Å². The van der Waals surface area contributed by atoms with Gasteiger partial charge in [-0.2, -0.15) is 15.4 Å². The highest BCUT2D eigenvalue weighted by atomic mass is 35.5. The molecular formula is C30H40ClFN4O4. The summed E-state index contributed by atoms with van der Waals surface area (Å²) in [4.78, 5) is 27.5. The Morgan fingerprint density at radius 2 is 2.02 bits per heavy atom. The van der Waals surface area contributed by atoms with E-state index < -0.39 is 0 Å². The number of ketones is 1. The Kier molecular flexibility index (Phi) is 13.0. The number of carbonyl (C=O) groups excluding carboxylic acids is 2. The van der Waals surface area contributed by atoms with Crippen molar-refractivity contribution in [2.45, 2.75) is 51.4 Å². The SMILES string of the molecule is CCOC(=O)[C@@H](C[C@H](CCCC(=O)c1cn[nH]n1)Cc1ccc(C2CC(Cl)=CC=C2F)cc1)CN(C)CCOC. The first kappa shape index (κ1) is 31.6. The molecule has 40 heavy (non-hydrogen) atoms. The number of rotatable bonds is 17. The molecule has 0 bridgehead atoms. The van der Waals surface area contributed by atoms with Gasteiger partial charge in [0.15, 0.2) is 5.78 Å². The van der Waals surface area contributed by atoms with Crippen LogP contribution in [-0.4, -0.2) is 72.5 Å². The molecule has 0 radical (unpaired) electrons. The van der Waals surface area contributed by atoms with Crippen LogP contribution < -0.4 is 0 Å². The van der Waals surface area contributed by atoms with Crippen molar-refractivity contribution in [2.24, 2.45) is 11.8 Å². The van der Waals surface area contributed by atoms with Crippen LogP contribution in [0.15, 0.2) is 53.5 Å². The lowest BCUT2D eigenvalue weighted by molar-refractivity contribution is -0.149. The van der Waals surface area contributed by atoms with E-state index >= 15 is 0 Å². The molecule has 1 aliphatic rings. The Bertz CT molecular complexity index is 1140. The fourth-order valence-corrected chi connectivity index (χ4v) is 5.30. The lowest BCUT2D eigenvalue weighted by Crippen LogP contribution is -2.35. The minimum Gasteiger partial charge on any atom is -0.466 e. The summed E-state index contributed by atoms with van der Waals surface area (Å²) < 4.78 is 25.1. The molecule has 0 saturated carbocycles. The summed E-state index contributed by atoms with van der Waals surface area (Å²) in [7, 11) is 3.62. The number of methoxy groups -OCH3 is 1. The maximum Gasteiger partial charge on any atom is 0.310 e. The second-order valence-electron chi connectivity index (χ2n) is 10.3. The summed E-state index contributed by atoms with van der Waals surface area (Å²) >= 11 is 6.16. The fraction of sp³-hybridized carbons (Fsp3) is 0.533. The van der Waals surface area contributed by atoms with Crippen molar-refractivity contribution in [2.75, 3.05) is 40.5 Å². The number of hydrogen-bond donors (Lipinski definition) is 1. The van der Waals surface area contributed by atoms with Crippen molar-refractivity contribution < 1.29 is 23.5 Å². The van der Waals surface area contributed by atoms with E-state index in [-0.39, 0.29) is 35.3 Å². The summed E-state index contributed by atoms with van der Waals surface area (Å²) in [6.45, 7) is 3.96. The zero-order valence-electron chi connectivity index (χ0n) is 23.6. The number of likely N-dealkylation sites (N-methyl/N-ethyl adjacent to an activating group) is 1. The van der Waals surface area contributed by atoms with Crippen molar-refractivity contribution in [3.05, 3.63) is 70.3 Å². The highest BCUT2D eigenvalue weighted by molar-refractivity contribution is 6.29. The van der Waals surface area contributed by atoms with E-state index in [0.29, 0.717) is 62.7 Å². The Balaban J connectivity index is 1.72. The number of benzene rings is 1. The van der Waals surface area contributed by atoms with Crippen molar-refractivity contribution in [3.8, 4) is 0 Å². The Labute approximate surface area is 240 Å². The molecule has 0 fully saturated rings. The zero-order valence-corrected chi connectivity index (χ0v) is 24.3. The average molecular weight is 575 g/mol. The number of ether oxygens (including phenoxy) is 2.